The Kier molecular flexibility index (Phi) is 1.96. The van der Waals surface area contributed by atoms with E-state index in [9.17, 15) is 0 Å². The topological polar surface area (TPSA) is 9.23 Å². The van der Waals surface area contributed by atoms with Crippen molar-refractivity contribution in [2.45, 2.75) is 0 Å². The minimum Gasteiger partial charge on any atom is -0.496 e. The van der Waals surface area contributed by atoms with Gasteiger partial charge >= 0.3 is 0 Å². The molecule has 0 unspecified atom stereocenters. The highest BCUT2D eigenvalue weighted by atomic mass is 35.5. The minimum absolute atomic E-state index is 0.552. The van der Waals surface area contributed by atoms with Gasteiger partial charge in [-0.15, -0.1) is 0 Å². The minimum atomic E-state index is 0.552. The van der Waals surface area contributed by atoms with Gasteiger partial charge in [-0.1, -0.05) is 11.6 Å². The SMILES string of the molecule is COc1[c][c]c(Cl)cc1. The molecule has 0 atom stereocenters. The number of ether oxygens (including phenoxy) is 1. The molecule has 46 valence electrons. The first-order valence-corrected chi connectivity index (χ1v) is 2.84. The lowest BCUT2D eigenvalue weighted by molar-refractivity contribution is 0.414. The van der Waals surface area contributed by atoms with Crippen molar-refractivity contribution in [2.24, 2.45) is 0 Å². The van der Waals surface area contributed by atoms with Crippen LogP contribution < -0.4 is 4.74 Å². The maximum atomic E-state index is 5.53. The molecule has 0 saturated heterocycles. The van der Waals surface area contributed by atoms with E-state index in [1.54, 1.807) is 19.2 Å². The molecule has 0 aliphatic carbocycles. The fourth-order valence-electron chi connectivity index (χ4n) is 0.473. The van der Waals surface area contributed by atoms with Crippen molar-refractivity contribution in [2.75, 3.05) is 7.11 Å². The molecule has 0 heterocycles. The Balaban J connectivity index is 2.88. The third kappa shape index (κ3) is 1.61. The number of hydrogen-bond acceptors (Lipinski definition) is 1. The average Bonchev–Trinajstić information content (AvgIpc) is 1.90. The Labute approximate surface area is 59.2 Å². The van der Waals surface area contributed by atoms with E-state index in [2.05, 4.69) is 12.1 Å². The van der Waals surface area contributed by atoms with Crippen LogP contribution in [0.5, 0.6) is 5.75 Å². The molecular weight excluding hydrogens is 136 g/mol. The van der Waals surface area contributed by atoms with Gasteiger partial charge in [0.15, 0.2) is 0 Å². The van der Waals surface area contributed by atoms with Crippen molar-refractivity contribution in [3.05, 3.63) is 29.3 Å². The van der Waals surface area contributed by atoms with Crippen LogP contribution in [0.4, 0.5) is 0 Å². The molecule has 0 aliphatic heterocycles. The summed E-state index contributed by atoms with van der Waals surface area (Å²) in [5, 5.41) is 0.552. The molecule has 2 radical (unpaired) electrons. The third-order valence-corrected chi connectivity index (χ3v) is 1.13. The summed E-state index contributed by atoms with van der Waals surface area (Å²) in [5.74, 6) is 0.652. The number of benzene rings is 1. The van der Waals surface area contributed by atoms with Crippen molar-refractivity contribution in [1.82, 2.24) is 0 Å². The molecule has 1 nitrogen and oxygen atoms in total. The second-order valence-corrected chi connectivity index (χ2v) is 1.91. The monoisotopic (exact) mass is 140 g/mol. The van der Waals surface area contributed by atoms with Gasteiger partial charge in [0.05, 0.1) is 7.11 Å². The summed E-state index contributed by atoms with van der Waals surface area (Å²) in [7, 11) is 1.58. The third-order valence-electron chi connectivity index (χ3n) is 0.906. The van der Waals surface area contributed by atoms with Gasteiger partial charge in [-0.2, -0.15) is 0 Å². The fraction of sp³-hybridized carbons (Fsp3) is 0.143. The molecule has 0 bridgehead atoms. The molecule has 0 spiro atoms. The highest BCUT2D eigenvalue weighted by molar-refractivity contribution is 6.30. The van der Waals surface area contributed by atoms with Gasteiger partial charge in [0.2, 0.25) is 0 Å². The Morgan fingerprint density at radius 1 is 1.44 bits per heavy atom. The van der Waals surface area contributed by atoms with Crippen molar-refractivity contribution in [1.29, 1.82) is 0 Å². The maximum absolute atomic E-state index is 5.53. The summed E-state index contributed by atoms with van der Waals surface area (Å²) in [5.41, 5.74) is 0. The van der Waals surface area contributed by atoms with Crippen LogP contribution >= 0.6 is 11.6 Å². The van der Waals surface area contributed by atoms with Gasteiger partial charge in [0.1, 0.15) is 5.75 Å². The van der Waals surface area contributed by atoms with E-state index < -0.39 is 0 Å². The Bertz CT molecular complexity index is 181. The van der Waals surface area contributed by atoms with Crippen molar-refractivity contribution in [3.63, 3.8) is 0 Å². The van der Waals surface area contributed by atoms with Crippen LogP contribution in [0.1, 0.15) is 0 Å². The van der Waals surface area contributed by atoms with E-state index in [0.717, 1.165) is 0 Å². The molecule has 1 rings (SSSR count). The maximum Gasteiger partial charge on any atom is 0.127 e. The van der Waals surface area contributed by atoms with E-state index in [0.29, 0.717) is 10.8 Å². The second kappa shape index (κ2) is 2.74. The molecule has 0 aliphatic rings. The smallest absolute Gasteiger partial charge is 0.127 e. The summed E-state index contributed by atoms with van der Waals surface area (Å²) < 4.78 is 4.82. The Morgan fingerprint density at radius 3 is 2.67 bits per heavy atom. The molecule has 0 fully saturated rings. The van der Waals surface area contributed by atoms with Gasteiger partial charge < -0.3 is 4.74 Å². The second-order valence-electron chi connectivity index (χ2n) is 1.50. The number of rotatable bonds is 1. The standard InChI is InChI=1S/C7H5ClO/c1-9-7-4-2-6(8)3-5-7/h2,4H,1H3. The molecular formula is C7H5ClO. The van der Waals surface area contributed by atoms with Gasteiger partial charge in [-0.25, -0.2) is 0 Å². The van der Waals surface area contributed by atoms with Crippen LogP contribution in [0, 0.1) is 12.1 Å². The Morgan fingerprint density at radius 2 is 2.22 bits per heavy atom. The first kappa shape index (κ1) is 6.43. The molecule has 0 saturated carbocycles. The average molecular weight is 141 g/mol. The molecule has 2 heteroatoms. The summed E-state index contributed by atoms with van der Waals surface area (Å²) >= 11 is 5.53. The summed E-state index contributed by atoms with van der Waals surface area (Å²) in [6.45, 7) is 0. The van der Waals surface area contributed by atoms with E-state index in [1.807, 2.05) is 0 Å². The highest BCUT2D eigenvalue weighted by Gasteiger charge is 1.88. The number of methoxy groups -OCH3 is 1. The highest BCUT2D eigenvalue weighted by Crippen LogP contribution is 2.12. The van der Waals surface area contributed by atoms with Gasteiger partial charge in [-0.05, 0) is 12.1 Å². The largest absolute Gasteiger partial charge is 0.496 e. The lowest BCUT2D eigenvalue weighted by atomic mass is 10.3. The lowest BCUT2D eigenvalue weighted by Crippen LogP contribution is -1.80. The first-order chi connectivity index (χ1) is 4.33. The molecule has 1 aromatic carbocycles. The quantitative estimate of drug-likeness (QED) is 0.580. The zero-order valence-corrected chi connectivity index (χ0v) is 5.70. The van der Waals surface area contributed by atoms with Gasteiger partial charge in [-0.3, -0.25) is 0 Å². The number of hydrogen-bond donors (Lipinski definition) is 0. The van der Waals surface area contributed by atoms with Crippen LogP contribution in [-0.2, 0) is 0 Å². The van der Waals surface area contributed by atoms with Gasteiger partial charge in [0, 0.05) is 17.2 Å². The molecule has 0 amide bonds. The fourth-order valence-corrected chi connectivity index (χ4v) is 0.583. The van der Waals surface area contributed by atoms with E-state index in [1.165, 1.54) is 0 Å². The molecule has 0 N–H and O–H groups in total. The van der Waals surface area contributed by atoms with Crippen molar-refractivity contribution in [3.8, 4) is 5.75 Å². The van der Waals surface area contributed by atoms with E-state index in [-0.39, 0.29) is 0 Å². The van der Waals surface area contributed by atoms with Crippen LogP contribution in [0.25, 0.3) is 0 Å². The van der Waals surface area contributed by atoms with Crippen LogP contribution in [0.15, 0.2) is 12.1 Å². The lowest BCUT2D eigenvalue weighted by Gasteiger charge is -1.94. The van der Waals surface area contributed by atoms with Crippen molar-refractivity contribution >= 4 is 11.6 Å². The summed E-state index contributed by atoms with van der Waals surface area (Å²) in [4.78, 5) is 0. The van der Waals surface area contributed by atoms with Crippen LogP contribution in [0.3, 0.4) is 0 Å². The summed E-state index contributed by atoms with van der Waals surface area (Å²) in [6, 6.07) is 8.81. The normalized spacial score (nSPS) is 9.11. The van der Waals surface area contributed by atoms with E-state index in [4.69, 9.17) is 16.3 Å². The summed E-state index contributed by atoms with van der Waals surface area (Å²) in [6.07, 6.45) is 0. The zero-order valence-electron chi connectivity index (χ0n) is 4.94. The molecule has 9 heavy (non-hydrogen) atoms. The number of halogens is 1. The van der Waals surface area contributed by atoms with Crippen LogP contribution in [0.2, 0.25) is 5.02 Å². The molecule has 0 aromatic heterocycles. The van der Waals surface area contributed by atoms with E-state index >= 15 is 0 Å². The van der Waals surface area contributed by atoms with Crippen molar-refractivity contribution < 1.29 is 4.74 Å². The predicted octanol–water partition coefficient (Wildman–Crippen LogP) is 1.95. The van der Waals surface area contributed by atoms with Gasteiger partial charge in [0.25, 0.3) is 0 Å². The predicted molar refractivity (Wildman–Crippen MR) is 35.7 cm³/mol. The first-order valence-electron chi connectivity index (χ1n) is 2.46. The zero-order chi connectivity index (χ0) is 6.69. The molecule has 1 aromatic rings. The Hall–Kier alpha value is -0.690. The van der Waals surface area contributed by atoms with Crippen LogP contribution in [-0.4, -0.2) is 7.11 Å².